The predicted octanol–water partition coefficient (Wildman–Crippen LogP) is 1.45. The first-order chi connectivity index (χ1) is 10.1. The van der Waals surface area contributed by atoms with Gasteiger partial charge in [0, 0.05) is 31.8 Å². The SMILES string of the molecule is COc1ccc([N+](=O)[O-])cc1C(=O)N1CCC(CCO)C1. The lowest BCUT2D eigenvalue weighted by atomic mass is 10.1. The Bertz CT molecular complexity index is 546. The van der Waals surface area contributed by atoms with E-state index in [-0.39, 0.29) is 29.7 Å². The molecule has 21 heavy (non-hydrogen) atoms. The minimum Gasteiger partial charge on any atom is -0.496 e. The van der Waals surface area contributed by atoms with Gasteiger partial charge in [0.05, 0.1) is 17.6 Å². The highest BCUT2D eigenvalue weighted by atomic mass is 16.6. The van der Waals surface area contributed by atoms with Crippen LogP contribution in [-0.4, -0.2) is 47.6 Å². The first kappa shape index (κ1) is 15.2. The highest BCUT2D eigenvalue weighted by Crippen LogP contribution is 2.28. The number of carbonyl (C=O) groups excluding carboxylic acids is 1. The van der Waals surface area contributed by atoms with E-state index in [0.717, 1.165) is 6.42 Å². The lowest BCUT2D eigenvalue weighted by Crippen LogP contribution is -2.29. The largest absolute Gasteiger partial charge is 0.496 e. The van der Waals surface area contributed by atoms with Crippen LogP contribution >= 0.6 is 0 Å². The summed E-state index contributed by atoms with van der Waals surface area (Å²) in [4.78, 5) is 24.5. The van der Waals surface area contributed by atoms with Crippen molar-refractivity contribution in [1.82, 2.24) is 4.90 Å². The van der Waals surface area contributed by atoms with E-state index in [4.69, 9.17) is 9.84 Å². The molecule has 7 nitrogen and oxygen atoms in total. The normalized spacial score (nSPS) is 17.8. The Kier molecular flexibility index (Phi) is 4.74. The van der Waals surface area contributed by atoms with Crippen LogP contribution in [-0.2, 0) is 0 Å². The Morgan fingerprint density at radius 2 is 2.33 bits per heavy atom. The van der Waals surface area contributed by atoms with Gasteiger partial charge in [-0.05, 0) is 24.8 Å². The van der Waals surface area contributed by atoms with Crippen molar-refractivity contribution in [2.45, 2.75) is 12.8 Å². The van der Waals surface area contributed by atoms with Gasteiger partial charge < -0.3 is 14.7 Å². The zero-order chi connectivity index (χ0) is 15.4. The molecule has 1 atom stereocenters. The maximum Gasteiger partial charge on any atom is 0.270 e. The topological polar surface area (TPSA) is 92.9 Å². The fourth-order valence-corrected chi connectivity index (χ4v) is 2.58. The lowest BCUT2D eigenvalue weighted by Gasteiger charge is -2.18. The summed E-state index contributed by atoms with van der Waals surface area (Å²) < 4.78 is 5.13. The molecular weight excluding hydrogens is 276 g/mol. The summed E-state index contributed by atoms with van der Waals surface area (Å²) in [5, 5.41) is 19.8. The van der Waals surface area contributed by atoms with Gasteiger partial charge in [0.15, 0.2) is 0 Å². The Balaban J connectivity index is 2.22. The van der Waals surface area contributed by atoms with Gasteiger partial charge in [-0.2, -0.15) is 0 Å². The second-order valence-electron chi connectivity index (χ2n) is 5.06. The number of methoxy groups -OCH3 is 1. The third-order valence-electron chi connectivity index (χ3n) is 3.73. The molecule has 1 aromatic carbocycles. The summed E-state index contributed by atoms with van der Waals surface area (Å²) in [6, 6.07) is 4.00. The van der Waals surface area contributed by atoms with Gasteiger partial charge in [-0.25, -0.2) is 0 Å². The molecule has 114 valence electrons. The Labute approximate surface area is 122 Å². The quantitative estimate of drug-likeness (QED) is 0.655. The maximum atomic E-state index is 12.5. The first-order valence-electron chi connectivity index (χ1n) is 6.79. The van der Waals surface area contributed by atoms with Crippen molar-refractivity contribution >= 4 is 11.6 Å². The Morgan fingerprint density at radius 3 is 2.95 bits per heavy atom. The minimum absolute atomic E-state index is 0.104. The molecule has 1 unspecified atom stereocenters. The lowest BCUT2D eigenvalue weighted by molar-refractivity contribution is -0.384. The molecule has 1 aromatic rings. The van der Waals surface area contributed by atoms with E-state index in [9.17, 15) is 14.9 Å². The van der Waals surface area contributed by atoms with Crippen molar-refractivity contribution in [2.75, 3.05) is 26.8 Å². The highest BCUT2D eigenvalue weighted by Gasteiger charge is 2.29. The summed E-state index contributed by atoms with van der Waals surface area (Å²) in [6.45, 7) is 1.26. The average Bonchev–Trinajstić information content (AvgIpc) is 2.94. The summed E-state index contributed by atoms with van der Waals surface area (Å²) in [6.07, 6.45) is 1.50. The fraction of sp³-hybridized carbons (Fsp3) is 0.500. The van der Waals surface area contributed by atoms with Crippen LogP contribution in [0.5, 0.6) is 5.75 Å². The molecule has 0 saturated carbocycles. The number of likely N-dealkylation sites (tertiary alicyclic amines) is 1. The number of aliphatic hydroxyl groups is 1. The number of nitro groups is 1. The zero-order valence-electron chi connectivity index (χ0n) is 11.8. The van der Waals surface area contributed by atoms with Crippen LogP contribution in [0.4, 0.5) is 5.69 Å². The van der Waals surface area contributed by atoms with Crippen LogP contribution < -0.4 is 4.74 Å². The van der Waals surface area contributed by atoms with Gasteiger partial charge in [-0.1, -0.05) is 0 Å². The number of carbonyl (C=O) groups is 1. The number of hydrogen-bond acceptors (Lipinski definition) is 5. The van der Waals surface area contributed by atoms with Crippen molar-refractivity contribution in [2.24, 2.45) is 5.92 Å². The van der Waals surface area contributed by atoms with E-state index in [2.05, 4.69) is 0 Å². The first-order valence-corrected chi connectivity index (χ1v) is 6.79. The summed E-state index contributed by atoms with van der Waals surface area (Å²) in [5.41, 5.74) is 0.0709. The number of ether oxygens (including phenoxy) is 1. The molecule has 0 aromatic heterocycles. The molecule has 0 aliphatic carbocycles. The molecule has 1 amide bonds. The average molecular weight is 294 g/mol. The Hall–Kier alpha value is -2.15. The van der Waals surface area contributed by atoms with Crippen molar-refractivity contribution in [3.63, 3.8) is 0 Å². The van der Waals surface area contributed by atoms with E-state index in [1.165, 1.54) is 25.3 Å². The molecule has 1 saturated heterocycles. The molecule has 0 bridgehead atoms. The molecule has 1 aliphatic heterocycles. The van der Waals surface area contributed by atoms with Gasteiger partial charge in [0.25, 0.3) is 11.6 Å². The number of benzene rings is 1. The van der Waals surface area contributed by atoms with E-state index in [0.29, 0.717) is 25.3 Å². The minimum atomic E-state index is -0.533. The van der Waals surface area contributed by atoms with Gasteiger partial charge >= 0.3 is 0 Å². The molecule has 1 aliphatic rings. The molecular formula is C14H18N2O5. The van der Waals surface area contributed by atoms with Crippen LogP contribution in [0.1, 0.15) is 23.2 Å². The predicted molar refractivity (Wildman–Crippen MR) is 75.4 cm³/mol. The van der Waals surface area contributed by atoms with Crippen LogP contribution in [0.25, 0.3) is 0 Å². The van der Waals surface area contributed by atoms with Crippen molar-refractivity contribution in [1.29, 1.82) is 0 Å². The van der Waals surface area contributed by atoms with Crippen molar-refractivity contribution in [3.05, 3.63) is 33.9 Å². The molecule has 0 spiro atoms. The smallest absolute Gasteiger partial charge is 0.270 e. The van der Waals surface area contributed by atoms with Gasteiger partial charge in [0.1, 0.15) is 5.75 Å². The number of nitro benzene ring substituents is 1. The molecule has 1 fully saturated rings. The van der Waals surface area contributed by atoms with Crippen molar-refractivity contribution in [3.8, 4) is 5.75 Å². The second kappa shape index (κ2) is 6.53. The third-order valence-corrected chi connectivity index (χ3v) is 3.73. The number of amides is 1. The molecule has 1 N–H and O–H groups in total. The number of non-ortho nitro benzene ring substituents is 1. The molecule has 2 rings (SSSR count). The van der Waals surface area contributed by atoms with Crippen LogP contribution in [0, 0.1) is 16.0 Å². The number of nitrogens with zero attached hydrogens (tertiary/aromatic N) is 2. The zero-order valence-corrected chi connectivity index (χ0v) is 11.8. The van der Waals surface area contributed by atoms with Crippen molar-refractivity contribution < 1.29 is 19.6 Å². The van der Waals surface area contributed by atoms with Gasteiger partial charge in [0.2, 0.25) is 0 Å². The monoisotopic (exact) mass is 294 g/mol. The van der Waals surface area contributed by atoms with Gasteiger partial charge in [-0.15, -0.1) is 0 Å². The van der Waals surface area contributed by atoms with E-state index < -0.39 is 4.92 Å². The summed E-state index contributed by atoms with van der Waals surface area (Å²) >= 11 is 0. The molecule has 1 heterocycles. The Morgan fingerprint density at radius 1 is 1.57 bits per heavy atom. The number of aliphatic hydroxyl groups excluding tert-OH is 1. The maximum absolute atomic E-state index is 12.5. The number of hydrogen-bond donors (Lipinski definition) is 1. The standard InChI is InChI=1S/C14H18N2O5/c1-21-13-3-2-11(16(19)20)8-12(13)14(18)15-6-4-10(9-15)5-7-17/h2-3,8,10,17H,4-7,9H2,1H3. The molecule has 0 radical (unpaired) electrons. The van der Waals surface area contributed by atoms with Crippen LogP contribution in [0.3, 0.4) is 0 Å². The number of rotatable bonds is 5. The fourth-order valence-electron chi connectivity index (χ4n) is 2.58. The van der Waals surface area contributed by atoms with Gasteiger partial charge in [-0.3, -0.25) is 14.9 Å². The highest BCUT2D eigenvalue weighted by molar-refractivity contribution is 5.97. The second-order valence-corrected chi connectivity index (χ2v) is 5.06. The van der Waals surface area contributed by atoms with Crippen LogP contribution in [0.15, 0.2) is 18.2 Å². The summed E-state index contributed by atoms with van der Waals surface area (Å²) in [5.74, 6) is 0.343. The van der Waals surface area contributed by atoms with E-state index in [1.807, 2.05) is 0 Å². The van der Waals surface area contributed by atoms with Crippen LogP contribution in [0.2, 0.25) is 0 Å². The van der Waals surface area contributed by atoms with E-state index >= 15 is 0 Å². The van der Waals surface area contributed by atoms with E-state index in [1.54, 1.807) is 4.90 Å². The third kappa shape index (κ3) is 3.30. The summed E-state index contributed by atoms with van der Waals surface area (Å²) in [7, 11) is 1.43. The molecule has 7 heteroatoms.